The van der Waals surface area contributed by atoms with E-state index in [1.54, 1.807) is 30.5 Å². The Morgan fingerprint density at radius 3 is 2.70 bits per heavy atom. The molecule has 1 aromatic carbocycles. The van der Waals surface area contributed by atoms with Gasteiger partial charge >= 0.3 is 0 Å². The van der Waals surface area contributed by atoms with Gasteiger partial charge < -0.3 is 10.2 Å². The number of carbonyl (C=O) groups excluding carboxylic acids is 2. The minimum absolute atomic E-state index is 0.357. The van der Waals surface area contributed by atoms with Crippen LogP contribution >= 0.6 is 11.6 Å². The summed E-state index contributed by atoms with van der Waals surface area (Å²) >= 11 is 5.88. The molecule has 1 N–H and O–H groups in total. The Labute approximate surface area is 177 Å². The molecule has 1 fully saturated rings. The maximum atomic E-state index is 13.5. The third-order valence-electron chi connectivity index (χ3n) is 4.88. The summed E-state index contributed by atoms with van der Waals surface area (Å²) in [6, 6.07) is 9.43. The summed E-state index contributed by atoms with van der Waals surface area (Å²) in [7, 11) is 0. The smallest absolute Gasteiger partial charge is 0.268 e. The first-order chi connectivity index (χ1) is 14.3. The van der Waals surface area contributed by atoms with Gasteiger partial charge in [-0.1, -0.05) is 23.7 Å². The summed E-state index contributed by atoms with van der Waals surface area (Å²) in [5.74, 6) is -4.32. The molecule has 30 heavy (non-hydrogen) atoms. The largest absolute Gasteiger partial charge is 0.343 e. The summed E-state index contributed by atoms with van der Waals surface area (Å²) in [4.78, 5) is 29.7. The van der Waals surface area contributed by atoms with Gasteiger partial charge in [0.1, 0.15) is 6.04 Å². The third-order valence-corrected chi connectivity index (χ3v) is 5.14. The highest BCUT2D eigenvalue weighted by Crippen LogP contribution is 2.31. The molecule has 2 amide bonds. The molecule has 1 aliphatic heterocycles. The van der Waals surface area contributed by atoms with E-state index >= 15 is 0 Å². The second kappa shape index (κ2) is 9.18. The second-order valence-corrected chi connectivity index (χ2v) is 7.51. The lowest BCUT2D eigenvalue weighted by Crippen LogP contribution is -2.43. The van der Waals surface area contributed by atoms with E-state index < -0.39 is 43.3 Å². The van der Waals surface area contributed by atoms with E-state index in [4.69, 9.17) is 16.9 Å². The van der Waals surface area contributed by atoms with E-state index in [1.165, 1.54) is 6.20 Å². The highest BCUT2D eigenvalue weighted by atomic mass is 35.5. The van der Waals surface area contributed by atoms with Crippen LogP contribution in [-0.2, 0) is 17.6 Å². The molecule has 1 aliphatic rings. The van der Waals surface area contributed by atoms with Crippen LogP contribution in [0.25, 0.3) is 0 Å². The summed E-state index contributed by atoms with van der Waals surface area (Å²) in [6.07, 6.45) is 3.56. The topological polar surface area (TPSA) is 86.1 Å². The van der Waals surface area contributed by atoms with Crippen molar-refractivity contribution in [3.05, 3.63) is 64.4 Å². The summed E-state index contributed by atoms with van der Waals surface area (Å²) < 4.78 is 27.0. The van der Waals surface area contributed by atoms with Gasteiger partial charge in [0.25, 0.3) is 11.8 Å². The fraction of sp³-hybridized carbons (Fsp3) is 0.333. The maximum absolute atomic E-state index is 13.5. The normalized spacial score (nSPS) is 17.4. The number of hydrogen-bond acceptors (Lipinski definition) is 4. The fourth-order valence-corrected chi connectivity index (χ4v) is 3.45. The number of likely N-dealkylation sites (tertiary alicyclic amines) is 1. The summed E-state index contributed by atoms with van der Waals surface area (Å²) in [6.45, 7) is -1.28. The Bertz CT molecular complexity index is 976. The molecule has 2 aromatic rings. The SMILES string of the molecule is N#CC1CC(F)(F)CN1C(=O)CNC(=O)c1ccncc1CCc1ccc(Cl)cc1. The van der Waals surface area contributed by atoms with Gasteiger partial charge in [-0.3, -0.25) is 14.6 Å². The monoisotopic (exact) mass is 432 g/mol. The fourth-order valence-electron chi connectivity index (χ4n) is 3.32. The average Bonchev–Trinajstić information content (AvgIpc) is 3.06. The molecule has 1 saturated heterocycles. The van der Waals surface area contributed by atoms with Gasteiger partial charge in [0.2, 0.25) is 5.91 Å². The molecule has 3 rings (SSSR count). The predicted octanol–water partition coefficient (Wildman–Crippen LogP) is 3.01. The highest BCUT2D eigenvalue weighted by molar-refractivity contribution is 6.30. The van der Waals surface area contributed by atoms with E-state index in [-0.39, 0.29) is 0 Å². The molecule has 6 nitrogen and oxygen atoms in total. The number of amides is 2. The zero-order valence-electron chi connectivity index (χ0n) is 15.9. The van der Waals surface area contributed by atoms with Gasteiger partial charge in [-0.15, -0.1) is 0 Å². The second-order valence-electron chi connectivity index (χ2n) is 7.07. The number of aryl methyl sites for hydroxylation is 2. The summed E-state index contributed by atoms with van der Waals surface area (Å²) in [5.41, 5.74) is 2.10. The van der Waals surface area contributed by atoms with Crippen molar-refractivity contribution in [1.82, 2.24) is 15.2 Å². The van der Waals surface area contributed by atoms with Crippen molar-refractivity contribution in [2.75, 3.05) is 13.1 Å². The van der Waals surface area contributed by atoms with Gasteiger partial charge in [0.15, 0.2) is 0 Å². The highest BCUT2D eigenvalue weighted by Gasteiger charge is 2.47. The molecule has 0 spiro atoms. The van der Waals surface area contributed by atoms with Gasteiger partial charge in [0, 0.05) is 29.4 Å². The van der Waals surface area contributed by atoms with E-state index in [0.29, 0.717) is 29.0 Å². The average molecular weight is 433 g/mol. The standard InChI is InChI=1S/C21H19ClF2N4O2/c22-16-5-2-14(3-6-16)1-4-15-11-26-8-7-18(15)20(30)27-12-19(29)28-13-21(23,24)9-17(28)10-25/h2-3,5-8,11,17H,1,4,9,12-13H2,(H,27,30). The molecule has 0 bridgehead atoms. The van der Waals surface area contributed by atoms with Crippen LogP contribution in [0.3, 0.4) is 0 Å². The molecule has 1 unspecified atom stereocenters. The number of aromatic nitrogens is 1. The Morgan fingerprint density at radius 2 is 2.00 bits per heavy atom. The molecular formula is C21H19ClF2N4O2. The lowest BCUT2D eigenvalue weighted by Gasteiger charge is -2.19. The van der Waals surface area contributed by atoms with Crippen molar-refractivity contribution in [2.24, 2.45) is 0 Å². The number of nitrogens with zero attached hydrogens (tertiary/aromatic N) is 3. The Balaban J connectivity index is 1.61. The minimum Gasteiger partial charge on any atom is -0.343 e. The minimum atomic E-state index is -3.10. The number of nitrogens with one attached hydrogen (secondary N) is 1. The van der Waals surface area contributed by atoms with E-state index in [9.17, 15) is 18.4 Å². The number of pyridine rings is 1. The zero-order chi connectivity index (χ0) is 21.7. The quantitative estimate of drug-likeness (QED) is 0.760. The van der Waals surface area contributed by atoms with E-state index in [1.807, 2.05) is 12.1 Å². The number of benzene rings is 1. The molecule has 2 heterocycles. The molecule has 0 saturated carbocycles. The molecule has 9 heteroatoms. The lowest BCUT2D eigenvalue weighted by atomic mass is 10.0. The predicted molar refractivity (Wildman–Crippen MR) is 106 cm³/mol. The van der Waals surface area contributed by atoms with Crippen LogP contribution in [0.15, 0.2) is 42.7 Å². The summed E-state index contributed by atoms with van der Waals surface area (Å²) in [5, 5.41) is 12.1. The number of nitriles is 1. The van der Waals surface area contributed by atoms with Crippen molar-refractivity contribution >= 4 is 23.4 Å². The van der Waals surface area contributed by atoms with Crippen LogP contribution in [0.2, 0.25) is 5.02 Å². The van der Waals surface area contributed by atoms with Gasteiger partial charge in [-0.05, 0) is 42.2 Å². The molecule has 1 atom stereocenters. The molecule has 0 radical (unpaired) electrons. The zero-order valence-corrected chi connectivity index (χ0v) is 16.7. The molecule has 1 aromatic heterocycles. The van der Waals surface area contributed by atoms with Gasteiger partial charge in [-0.2, -0.15) is 5.26 Å². The molecule has 156 valence electrons. The maximum Gasteiger partial charge on any atom is 0.268 e. The first-order valence-electron chi connectivity index (χ1n) is 9.31. The molecule has 0 aliphatic carbocycles. The van der Waals surface area contributed by atoms with E-state index in [2.05, 4.69) is 10.3 Å². The Hall–Kier alpha value is -3.05. The van der Waals surface area contributed by atoms with Crippen LogP contribution in [0, 0.1) is 11.3 Å². The van der Waals surface area contributed by atoms with Crippen molar-refractivity contribution in [1.29, 1.82) is 5.26 Å². The van der Waals surface area contributed by atoms with Crippen molar-refractivity contribution in [3.63, 3.8) is 0 Å². The third kappa shape index (κ3) is 5.30. The lowest BCUT2D eigenvalue weighted by molar-refractivity contribution is -0.131. The first kappa shape index (κ1) is 21.7. The Kier molecular flexibility index (Phi) is 6.63. The molecular weight excluding hydrogens is 414 g/mol. The van der Waals surface area contributed by atoms with Crippen LogP contribution in [0.5, 0.6) is 0 Å². The van der Waals surface area contributed by atoms with Crippen LogP contribution in [0.4, 0.5) is 8.78 Å². The van der Waals surface area contributed by atoms with Crippen molar-refractivity contribution in [2.45, 2.75) is 31.2 Å². The van der Waals surface area contributed by atoms with Gasteiger partial charge in [-0.25, -0.2) is 8.78 Å². The number of halogens is 3. The van der Waals surface area contributed by atoms with Crippen LogP contribution in [-0.4, -0.2) is 46.8 Å². The van der Waals surface area contributed by atoms with Crippen LogP contribution in [0.1, 0.15) is 27.9 Å². The number of rotatable bonds is 6. The first-order valence-corrected chi connectivity index (χ1v) is 9.69. The number of carbonyl (C=O) groups is 2. The Morgan fingerprint density at radius 1 is 1.27 bits per heavy atom. The van der Waals surface area contributed by atoms with Crippen molar-refractivity contribution < 1.29 is 18.4 Å². The van der Waals surface area contributed by atoms with Gasteiger partial charge in [0.05, 0.1) is 19.2 Å². The number of hydrogen-bond donors (Lipinski definition) is 1. The van der Waals surface area contributed by atoms with Crippen LogP contribution < -0.4 is 5.32 Å². The number of alkyl halides is 2. The van der Waals surface area contributed by atoms with Crippen molar-refractivity contribution in [3.8, 4) is 6.07 Å². The van der Waals surface area contributed by atoms with E-state index in [0.717, 1.165) is 10.5 Å².